The van der Waals surface area contributed by atoms with Gasteiger partial charge in [0.25, 0.3) is 0 Å². The molecule has 6 aromatic rings. The van der Waals surface area contributed by atoms with E-state index in [1.54, 1.807) is 0 Å². The summed E-state index contributed by atoms with van der Waals surface area (Å²) in [7, 11) is 0. The van der Waals surface area contributed by atoms with Gasteiger partial charge in [-0.05, 0) is 78.3 Å². The maximum atomic E-state index is 13.8. The highest BCUT2D eigenvalue weighted by Gasteiger charge is 2.20. The van der Waals surface area contributed by atoms with E-state index in [1.165, 1.54) is 54.0 Å². The van der Waals surface area contributed by atoms with Crippen LogP contribution in [0.5, 0.6) is 0 Å². The van der Waals surface area contributed by atoms with Crippen molar-refractivity contribution in [2.45, 2.75) is 71.9 Å². The zero-order chi connectivity index (χ0) is 29.3. The van der Waals surface area contributed by atoms with E-state index in [2.05, 4.69) is 120 Å². The van der Waals surface area contributed by atoms with E-state index in [-0.39, 0.29) is 5.78 Å². The SMILES string of the molecule is CCCCn1/c(=C/C=C2/CCC/C(=C\C=c3/c4cccc5cccc(c54)n3CCCC)C2=O)c2cccc3cccc1c32. The molecule has 0 N–H and O–H groups in total. The number of aryl methyl sites for hydroxylation is 2. The standard InChI is InChI=1S/C40H40N2O/c1-3-5-26-41-34(32-18-8-12-28-14-10-20-36(41)38(28)32)24-22-30-16-7-17-31(40(30)43)23-25-35-33-19-9-13-29-15-11-21-37(39(29)33)42(35)27-6-4-2/h8-15,18-25H,3-7,16-17,26-27H2,1-2H3/b30-22-,31-23+,34-24+,35-25+. The van der Waals surface area contributed by atoms with Crippen molar-refractivity contribution in [1.82, 2.24) is 9.13 Å². The van der Waals surface area contributed by atoms with Gasteiger partial charge in [-0.1, -0.05) is 99.5 Å². The number of carbonyl (C=O) groups excluding carboxylic acids is 1. The van der Waals surface area contributed by atoms with E-state index in [4.69, 9.17) is 0 Å². The number of allylic oxidation sites excluding steroid dienone is 4. The van der Waals surface area contributed by atoms with E-state index in [0.717, 1.165) is 69.2 Å². The van der Waals surface area contributed by atoms with Gasteiger partial charge in [-0.2, -0.15) is 0 Å². The van der Waals surface area contributed by atoms with Crippen LogP contribution >= 0.6 is 0 Å². The maximum Gasteiger partial charge on any atom is 0.184 e. The third-order valence-corrected chi connectivity index (χ3v) is 9.31. The van der Waals surface area contributed by atoms with Crippen LogP contribution in [0, 0.1) is 0 Å². The fourth-order valence-electron chi connectivity index (χ4n) is 7.12. The Labute approximate surface area is 253 Å². The molecule has 7 rings (SSSR count). The maximum absolute atomic E-state index is 13.8. The first-order valence-electron chi connectivity index (χ1n) is 16.1. The molecule has 2 aromatic heterocycles. The highest BCUT2D eigenvalue weighted by Crippen LogP contribution is 2.29. The molecule has 0 aliphatic heterocycles. The number of hydrogen-bond donors (Lipinski definition) is 0. The highest BCUT2D eigenvalue weighted by atomic mass is 16.1. The molecule has 43 heavy (non-hydrogen) atoms. The average Bonchev–Trinajstić information content (AvgIpc) is 3.51. The van der Waals surface area contributed by atoms with Crippen LogP contribution in [0.25, 0.3) is 55.5 Å². The second kappa shape index (κ2) is 11.7. The first-order valence-corrected chi connectivity index (χ1v) is 16.1. The lowest BCUT2D eigenvalue weighted by atomic mass is 9.88. The molecule has 0 saturated heterocycles. The minimum atomic E-state index is 0.197. The summed E-state index contributed by atoms with van der Waals surface area (Å²) in [6.45, 7) is 6.45. The zero-order valence-corrected chi connectivity index (χ0v) is 25.4. The van der Waals surface area contributed by atoms with Crippen molar-refractivity contribution >= 4 is 61.3 Å². The van der Waals surface area contributed by atoms with Crippen molar-refractivity contribution in [3.8, 4) is 0 Å². The fourth-order valence-corrected chi connectivity index (χ4v) is 7.12. The van der Waals surface area contributed by atoms with Crippen LogP contribution in [0.4, 0.5) is 0 Å². The second-order valence-corrected chi connectivity index (χ2v) is 12.0. The predicted molar refractivity (Wildman–Crippen MR) is 183 cm³/mol. The van der Waals surface area contributed by atoms with Crippen molar-refractivity contribution in [2.24, 2.45) is 0 Å². The van der Waals surface area contributed by atoms with Crippen LogP contribution in [0.3, 0.4) is 0 Å². The number of hydrogen-bond acceptors (Lipinski definition) is 1. The summed E-state index contributed by atoms with van der Waals surface area (Å²) in [5.74, 6) is 0.197. The Kier molecular flexibility index (Phi) is 7.49. The number of benzene rings is 4. The van der Waals surface area contributed by atoms with Gasteiger partial charge in [0.1, 0.15) is 0 Å². The number of ketones is 1. The normalized spacial score (nSPS) is 17.3. The van der Waals surface area contributed by atoms with Gasteiger partial charge in [0.2, 0.25) is 0 Å². The summed E-state index contributed by atoms with van der Waals surface area (Å²) < 4.78 is 4.91. The van der Waals surface area contributed by atoms with Gasteiger partial charge in [-0.15, -0.1) is 0 Å². The highest BCUT2D eigenvalue weighted by molar-refractivity contribution is 6.12. The first-order chi connectivity index (χ1) is 21.2. The molecule has 3 nitrogen and oxygen atoms in total. The van der Waals surface area contributed by atoms with Gasteiger partial charge in [-0.3, -0.25) is 4.79 Å². The molecular weight excluding hydrogens is 524 g/mol. The molecule has 4 aromatic carbocycles. The van der Waals surface area contributed by atoms with E-state index in [0.29, 0.717) is 0 Å². The third-order valence-electron chi connectivity index (χ3n) is 9.31. The molecule has 3 heteroatoms. The second-order valence-electron chi connectivity index (χ2n) is 12.0. The lowest BCUT2D eigenvalue weighted by molar-refractivity contribution is -0.113. The smallest absolute Gasteiger partial charge is 0.184 e. The van der Waals surface area contributed by atoms with Gasteiger partial charge in [0.15, 0.2) is 5.78 Å². The molecule has 0 spiro atoms. The molecule has 1 saturated carbocycles. The fraction of sp³-hybridized carbons (Fsp3) is 0.275. The van der Waals surface area contributed by atoms with E-state index >= 15 is 0 Å². The molecule has 0 atom stereocenters. The molecule has 0 radical (unpaired) electrons. The minimum Gasteiger partial charge on any atom is -0.340 e. The molecule has 1 fully saturated rings. The summed E-state index contributed by atoms with van der Waals surface area (Å²) in [5.41, 5.74) is 4.41. The van der Waals surface area contributed by atoms with E-state index in [9.17, 15) is 4.79 Å². The van der Waals surface area contributed by atoms with E-state index in [1.807, 2.05) is 0 Å². The zero-order valence-electron chi connectivity index (χ0n) is 25.4. The van der Waals surface area contributed by atoms with Gasteiger partial charge in [-0.25, -0.2) is 0 Å². The van der Waals surface area contributed by atoms with Crippen molar-refractivity contribution in [2.75, 3.05) is 0 Å². The van der Waals surface area contributed by atoms with Gasteiger partial charge in [0, 0.05) is 56.4 Å². The molecule has 1 aliphatic rings. The summed E-state index contributed by atoms with van der Waals surface area (Å²) >= 11 is 0. The lowest BCUT2D eigenvalue weighted by Crippen LogP contribution is -2.18. The molecule has 2 heterocycles. The number of nitrogens with zero attached hydrogens (tertiary/aromatic N) is 2. The quantitative estimate of drug-likeness (QED) is 0.170. The molecular formula is C40H40N2O. The molecule has 1 aliphatic carbocycles. The average molecular weight is 565 g/mol. The molecule has 0 unspecified atom stereocenters. The predicted octanol–water partition coefficient (Wildman–Crippen LogP) is 8.81. The Balaban J connectivity index is 1.31. The Hall–Kier alpha value is -4.37. The Morgan fingerprint density at radius 2 is 1.05 bits per heavy atom. The number of carbonyl (C=O) groups is 1. The van der Waals surface area contributed by atoms with Gasteiger partial charge in [0.05, 0.1) is 0 Å². The summed E-state index contributed by atoms with van der Waals surface area (Å²) in [6.07, 6.45) is 15.9. The van der Waals surface area contributed by atoms with E-state index < -0.39 is 0 Å². The van der Waals surface area contributed by atoms with Crippen LogP contribution in [-0.4, -0.2) is 14.9 Å². The lowest BCUT2D eigenvalue weighted by Gasteiger charge is -2.15. The van der Waals surface area contributed by atoms with Crippen LogP contribution in [0.15, 0.2) is 96.1 Å². The van der Waals surface area contributed by atoms with Crippen molar-refractivity contribution < 1.29 is 4.79 Å². The number of rotatable bonds is 8. The molecule has 216 valence electrons. The van der Waals surface area contributed by atoms with Crippen LogP contribution in [-0.2, 0) is 17.9 Å². The minimum absolute atomic E-state index is 0.197. The summed E-state index contributed by atoms with van der Waals surface area (Å²) in [4.78, 5) is 13.8. The monoisotopic (exact) mass is 564 g/mol. The Bertz CT molecular complexity index is 1990. The van der Waals surface area contributed by atoms with Gasteiger partial charge >= 0.3 is 0 Å². The third kappa shape index (κ3) is 4.81. The number of unbranched alkanes of at least 4 members (excludes halogenated alkanes) is 2. The van der Waals surface area contributed by atoms with Crippen LogP contribution < -0.4 is 10.7 Å². The van der Waals surface area contributed by atoms with Crippen molar-refractivity contribution in [1.29, 1.82) is 0 Å². The summed E-state index contributed by atoms with van der Waals surface area (Å²) in [6, 6.07) is 26.3. The number of aromatic nitrogens is 2. The first kappa shape index (κ1) is 27.5. The van der Waals surface area contributed by atoms with Gasteiger partial charge < -0.3 is 9.13 Å². The molecule has 0 amide bonds. The Morgan fingerprint density at radius 1 is 0.605 bits per heavy atom. The van der Waals surface area contributed by atoms with Crippen molar-refractivity contribution in [3.05, 3.63) is 107 Å². The van der Waals surface area contributed by atoms with Crippen molar-refractivity contribution in [3.63, 3.8) is 0 Å². The number of Topliss-reactive ketones (excluding diaryl/α,β-unsaturated/α-hetero) is 1. The summed E-state index contributed by atoms with van der Waals surface area (Å²) in [5, 5.41) is 10.2. The van der Waals surface area contributed by atoms with Crippen LogP contribution in [0.2, 0.25) is 0 Å². The van der Waals surface area contributed by atoms with Crippen LogP contribution in [0.1, 0.15) is 58.8 Å². The molecule has 0 bridgehead atoms. The topological polar surface area (TPSA) is 26.9 Å². The largest absolute Gasteiger partial charge is 0.340 e. The Morgan fingerprint density at radius 3 is 1.49 bits per heavy atom.